The monoisotopic (exact) mass is 295 g/mol. The lowest BCUT2D eigenvalue weighted by Gasteiger charge is -2.29. The van der Waals surface area contributed by atoms with Crippen LogP contribution < -0.4 is 4.72 Å². The second-order valence-electron chi connectivity index (χ2n) is 6.19. The molecule has 2 rings (SSSR count). The van der Waals surface area contributed by atoms with Gasteiger partial charge in [-0.2, -0.15) is 0 Å². The predicted molar refractivity (Wildman–Crippen MR) is 82.4 cm³/mol. The largest absolute Gasteiger partial charge is 0.241 e. The highest BCUT2D eigenvalue weighted by Gasteiger charge is 2.27. The highest BCUT2D eigenvalue weighted by atomic mass is 32.2. The third-order valence-electron chi connectivity index (χ3n) is 4.50. The van der Waals surface area contributed by atoms with Crippen LogP contribution in [0.5, 0.6) is 0 Å². The number of nitrogens with one attached hydrogen (secondary N) is 1. The van der Waals surface area contributed by atoms with Crippen molar-refractivity contribution in [1.82, 2.24) is 4.72 Å². The fourth-order valence-corrected chi connectivity index (χ4v) is 4.67. The van der Waals surface area contributed by atoms with E-state index in [9.17, 15) is 8.42 Å². The van der Waals surface area contributed by atoms with E-state index in [4.69, 9.17) is 0 Å². The molecule has 0 aromatic heterocycles. The predicted octanol–water partition coefficient (Wildman–Crippen LogP) is 3.47. The lowest BCUT2D eigenvalue weighted by Crippen LogP contribution is -2.41. The van der Waals surface area contributed by atoms with Crippen LogP contribution in [0.1, 0.15) is 49.3 Å². The summed E-state index contributed by atoms with van der Waals surface area (Å²) in [5.74, 6) is 0.422. The molecule has 0 unspecified atom stereocenters. The molecule has 0 spiro atoms. The van der Waals surface area contributed by atoms with Crippen molar-refractivity contribution in [2.24, 2.45) is 5.92 Å². The van der Waals surface area contributed by atoms with Crippen molar-refractivity contribution >= 4 is 10.0 Å². The van der Waals surface area contributed by atoms with Gasteiger partial charge in [-0.25, -0.2) is 13.1 Å². The molecule has 2 atom stereocenters. The number of rotatable bonds is 3. The summed E-state index contributed by atoms with van der Waals surface area (Å²) >= 11 is 0. The smallest absolute Gasteiger partial charge is 0.208 e. The molecule has 4 heteroatoms. The van der Waals surface area contributed by atoms with Crippen molar-refractivity contribution in [1.29, 1.82) is 0 Å². The maximum atomic E-state index is 12.6. The second-order valence-corrected chi connectivity index (χ2v) is 7.87. The van der Waals surface area contributed by atoms with E-state index in [1.165, 1.54) is 6.42 Å². The lowest BCUT2D eigenvalue weighted by molar-refractivity contribution is 0.310. The van der Waals surface area contributed by atoms with Crippen molar-refractivity contribution in [3.05, 3.63) is 28.8 Å². The highest BCUT2D eigenvalue weighted by molar-refractivity contribution is 7.89. The molecule has 1 saturated carbocycles. The number of hydrogen-bond acceptors (Lipinski definition) is 2. The Bertz CT molecular complexity index is 593. The minimum Gasteiger partial charge on any atom is -0.208 e. The number of sulfonamides is 1. The number of hydrogen-bond donors (Lipinski definition) is 1. The van der Waals surface area contributed by atoms with Crippen molar-refractivity contribution < 1.29 is 8.42 Å². The molecule has 3 nitrogen and oxygen atoms in total. The van der Waals surface area contributed by atoms with Crippen LogP contribution in [0.4, 0.5) is 0 Å². The quantitative estimate of drug-likeness (QED) is 0.928. The Morgan fingerprint density at radius 2 is 1.60 bits per heavy atom. The zero-order chi connectivity index (χ0) is 14.9. The minimum absolute atomic E-state index is 0.0785. The standard InChI is InChI=1S/C16H25NO2S/c1-11-7-5-6-8-15(11)17-20(18,19)16-10-13(3)12(2)9-14(16)4/h9-11,15,17H,5-8H2,1-4H3/t11-,15+/m1/s1. The number of benzene rings is 1. The lowest BCUT2D eigenvalue weighted by atomic mass is 9.87. The van der Waals surface area contributed by atoms with E-state index in [0.29, 0.717) is 10.8 Å². The van der Waals surface area contributed by atoms with E-state index < -0.39 is 10.0 Å². The van der Waals surface area contributed by atoms with Gasteiger partial charge in [-0.05, 0) is 62.3 Å². The molecule has 0 heterocycles. The van der Waals surface area contributed by atoms with Crippen molar-refractivity contribution in [2.75, 3.05) is 0 Å². The molecular weight excluding hydrogens is 270 g/mol. The molecule has 1 fully saturated rings. The Balaban J connectivity index is 2.28. The van der Waals surface area contributed by atoms with Gasteiger partial charge in [0.15, 0.2) is 0 Å². The van der Waals surface area contributed by atoms with Crippen molar-refractivity contribution in [3.63, 3.8) is 0 Å². The SMILES string of the molecule is Cc1cc(C)c(S(=O)(=O)N[C@H]2CCCC[C@H]2C)cc1C. The maximum absolute atomic E-state index is 12.6. The van der Waals surface area contributed by atoms with Crippen LogP contribution in [0.2, 0.25) is 0 Å². The van der Waals surface area contributed by atoms with E-state index in [1.54, 1.807) is 6.07 Å². The fourth-order valence-electron chi connectivity index (χ4n) is 2.98. The average Bonchev–Trinajstić information content (AvgIpc) is 2.36. The summed E-state index contributed by atoms with van der Waals surface area (Å²) in [4.78, 5) is 0.429. The highest BCUT2D eigenvalue weighted by Crippen LogP contribution is 2.26. The van der Waals surface area contributed by atoms with Crippen LogP contribution in [0.3, 0.4) is 0 Å². The summed E-state index contributed by atoms with van der Waals surface area (Å²) in [5, 5.41) is 0. The van der Waals surface area contributed by atoms with Crippen LogP contribution in [0, 0.1) is 26.7 Å². The first kappa shape index (κ1) is 15.5. The van der Waals surface area contributed by atoms with E-state index in [0.717, 1.165) is 36.0 Å². The van der Waals surface area contributed by atoms with Gasteiger partial charge in [0, 0.05) is 6.04 Å². The van der Waals surface area contributed by atoms with E-state index >= 15 is 0 Å². The summed E-state index contributed by atoms with van der Waals surface area (Å²) in [6.07, 6.45) is 4.38. The second kappa shape index (κ2) is 5.86. The van der Waals surface area contributed by atoms with E-state index in [2.05, 4.69) is 11.6 Å². The molecule has 0 saturated heterocycles. The molecule has 1 N–H and O–H groups in total. The normalized spacial score (nSPS) is 23.8. The van der Waals surface area contributed by atoms with Gasteiger partial charge in [0.05, 0.1) is 4.90 Å². The third kappa shape index (κ3) is 3.23. The summed E-state index contributed by atoms with van der Waals surface area (Å²) in [6, 6.07) is 3.82. The summed E-state index contributed by atoms with van der Waals surface area (Å²) in [5.41, 5.74) is 2.98. The maximum Gasteiger partial charge on any atom is 0.241 e. The average molecular weight is 295 g/mol. The Labute approximate surface area is 122 Å². The third-order valence-corrected chi connectivity index (χ3v) is 6.13. The summed E-state index contributed by atoms with van der Waals surface area (Å²) in [6.45, 7) is 7.97. The van der Waals surface area contributed by atoms with Gasteiger partial charge in [-0.15, -0.1) is 0 Å². The molecular formula is C16H25NO2S. The van der Waals surface area contributed by atoms with Crippen LogP contribution in [-0.4, -0.2) is 14.5 Å². The van der Waals surface area contributed by atoms with Gasteiger partial charge in [0.25, 0.3) is 0 Å². The Morgan fingerprint density at radius 1 is 1.00 bits per heavy atom. The fraction of sp³-hybridized carbons (Fsp3) is 0.625. The van der Waals surface area contributed by atoms with Gasteiger partial charge in [-0.1, -0.05) is 25.8 Å². The molecule has 1 aromatic carbocycles. The molecule has 0 aliphatic heterocycles. The molecule has 1 aliphatic rings. The molecule has 1 aromatic rings. The van der Waals surface area contributed by atoms with Crippen LogP contribution in [0.25, 0.3) is 0 Å². The van der Waals surface area contributed by atoms with Crippen molar-refractivity contribution in [2.45, 2.75) is 64.3 Å². The van der Waals surface area contributed by atoms with Gasteiger partial charge in [0.2, 0.25) is 10.0 Å². The van der Waals surface area contributed by atoms with Gasteiger partial charge >= 0.3 is 0 Å². The summed E-state index contributed by atoms with van der Waals surface area (Å²) < 4.78 is 28.2. The minimum atomic E-state index is -3.41. The molecule has 1 aliphatic carbocycles. The van der Waals surface area contributed by atoms with Gasteiger partial charge < -0.3 is 0 Å². The molecule has 20 heavy (non-hydrogen) atoms. The number of aryl methyl sites for hydroxylation is 3. The zero-order valence-electron chi connectivity index (χ0n) is 12.9. The van der Waals surface area contributed by atoms with Crippen LogP contribution >= 0.6 is 0 Å². The first-order valence-corrected chi connectivity index (χ1v) is 8.90. The first-order valence-electron chi connectivity index (χ1n) is 7.41. The van der Waals surface area contributed by atoms with Gasteiger partial charge in [-0.3, -0.25) is 0 Å². The van der Waals surface area contributed by atoms with E-state index in [-0.39, 0.29) is 6.04 Å². The first-order chi connectivity index (χ1) is 9.31. The van der Waals surface area contributed by atoms with E-state index in [1.807, 2.05) is 26.8 Å². The molecule has 112 valence electrons. The topological polar surface area (TPSA) is 46.2 Å². The Kier molecular flexibility index (Phi) is 4.55. The Morgan fingerprint density at radius 3 is 2.25 bits per heavy atom. The van der Waals surface area contributed by atoms with Crippen molar-refractivity contribution in [3.8, 4) is 0 Å². The molecule has 0 bridgehead atoms. The van der Waals surface area contributed by atoms with Crippen LogP contribution in [-0.2, 0) is 10.0 Å². The zero-order valence-corrected chi connectivity index (χ0v) is 13.7. The molecule has 0 radical (unpaired) electrons. The van der Waals surface area contributed by atoms with Gasteiger partial charge in [0.1, 0.15) is 0 Å². The van der Waals surface area contributed by atoms with Crippen LogP contribution in [0.15, 0.2) is 17.0 Å². The Hall–Kier alpha value is -0.870. The molecule has 0 amide bonds. The summed E-state index contributed by atoms with van der Waals surface area (Å²) in [7, 11) is -3.41.